The van der Waals surface area contributed by atoms with Crippen molar-refractivity contribution in [2.75, 3.05) is 11.9 Å². The van der Waals surface area contributed by atoms with E-state index in [1.54, 1.807) is 12.1 Å². The largest absolute Gasteiger partial charge is 0.338 e. The average Bonchev–Trinajstić information content (AvgIpc) is 2.16. The van der Waals surface area contributed by atoms with Crippen LogP contribution in [0.5, 0.6) is 0 Å². The first kappa shape index (κ1) is 12.5. The van der Waals surface area contributed by atoms with Crippen molar-refractivity contribution in [1.29, 1.82) is 0 Å². The van der Waals surface area contributed by atoms with Crippen LogP contribution < -0.4 is 10.6 Å². The van der Waals surface area contributed by atoms with E-state index < -0.39 is 0 Å². The molecule has 0 aliphatic carbocycles. The van der Waals surface area contributed by atoms with Crippen molar-refractivity contribution in [2.45, 2.75) is 20.3 Å². The quantitative estimate of drug-likeness (QED) is 0.811. The van der Waals surface area contributed by atoms with Crippen LogP contribution in [0.4, 0.5) is 14.9 Å². The predicted octanol–water partition coefficient (Wildman–Crippen LogP) is 2.99. The third-order valence-corrected chi connectivity index (χ3v) is 2.09. The van der Waals surface area contributed by atoms with Crippen molar-refractivity contribution in [1.82, 2.24) is 5.32 Å². The number of anilines is 1. The summed E-state index contributed by atoms with van der Waals surface area (Å²) in [6.07, 6.45) is 0.927. The van der Waals surface area contributed by atoms with Gasteiger partial charge in [0.1, 0.15) is 5.82 Å². The molecule has 0 fully saturated rings. The van der Waals surface area contributed by atoms with E-state index in [1.807, 2.05) is 0 Å². The highest BCUT2D eigenvalue weighted by Gasteiger charge is 2.02. The van der Waals surface area contributed by atoms with Crippen molar-refractivity contribution in [3.63, 3.8) is 0 Å². The van der Waals surface area contributed by atoms with Crippen molar-refractivity contribution < 1.29 is 9.18 Å². The van der Waals surface area contributed by atoms with Gasteiger partial charge in [0, 0.05) is 12.2 Å². The Morgan fingerprint density at radius 1 is 1.44 bits per heavy atom. The van der Waals surface area contributed by atoms with E-state index in [1.165, 1.54) is 12.1 Å². The van der Waals surface area contributed by atoms with Gasteiger partial charge in [0.25, 0.3) is 0 Å². The predicted molar refractivity (Wildman–Crippen MR) is 62.9 cm³/mol. The highest BCUT2D eigenvalue weighted by molar-refractivity contribution is 5.89. The van der Waals surface area contributed by atoms with Gasteiger partial charge in [-0.15, -0.1) is 0 Å². The van der Waals surface area contributed by atoms with Crippen molar-refractivity contribution in [2.24, 2.45) is 5.92 Å². The monoisotopic (exact) mass is 224 g/mol. The zero-order valence-corrected chi connectivity index (χ0v) is 9.59. The molecule has 16 heavy (non-hydrogen) atoms. The highest BCUT2D eigenvalue weighted by atomic mass is 19.1. The summed E-state index contributed by atoms with van der Waals surface area (Å²) in [4.78, 5) is 11.4. The molecular weight excluding hydrogens is 207 g/mol. The second-order valence-electron chi connectivity index (χ2n) is 4.07. The first-order valence-corrected chi connectivity index (χ1v) is 5.38. The molecule has 4 heteroatoms. The first-order chi connectivity index (χ1) is 7.58. The standard InChI is InChI=1S/C12H17FN2O/c1-9(2)6-7-14-12(16)15-11-5-3-4-10(13)8-11/h3-5,8-9H,6-7H2,1-2H3,(H2,14,15,16). The molecule has 3 nitrogen and oxygen atoms in total. The minimum absolute atomic E-state index is 0.300. The lowest BCUT2D eigenvalue weighted by Crippen LogP contribution is -2.30. The maximum Gasteiger partial charge on any atom is 0.319 e. The lowest BCUT2D eigenvalue weighted by atomic mass is 10.1. The maximum absolute atomic E-state index is 12.8. The molecule has 1 rings (SSSR count). The minimum Gasteiger partial charge on any atom is -0.338 e. The lowest BCUT2D eigenvalue weighted by Gasteiger charge is -2.08. The molecule has 0 spiro atoms. The summed E-state index contributed by atoms with van der Waals surface area (Å²) in [5.74, 6) is 0.189. The van der Waals surface area contributed by atoms with Gasteiger partial charge in [0.15, 0.2) is 0 Å². The van der Waals surface area contributed by atoms with E-state index in [0.29, 0.717) is 18.2 Å². The summed E-state index contributed by atoms with van der Waals surface area (Å²) in [7, 11) is 0. The Hall–Kier alpha value is -1.58. The summed E-state index contributed by atoms with van der Waals surface area (Å²) in [5, 5.41) is 5.28. The van der Waals surface area contributed by atoms with E-state index in [2.05, 4.69) is 24.5 Å². The topological polar surface area (TPSA) is 41.1 Å². The molecule has 1 aromatic carbocycles. The maximum atomic E-state index is 12.8. The number of rotatable bonds is 4. The van der Waals surface area contributed by atoms with E-state index in [4.69, 9.17) is 0 Å². The third-order valence-electron chi connectivity index (χ3n) is 2.09. The van der Waals surface area contributed by atoms with Crippen molar-refractivity contribution in [3.05, 3.63) is 30.1 Å². The van der Waals surface area contributed by atoms with Crippen LogP contribution in [0.3, 0.4) is 0 Å². The molecule has 0 bridgehead atoms. The number of hydrogen-bond acceptors (Lipinski definition) is 1. The molecule has 0 unspecified atom stereocenters. The van der Waals surface area contributed by atoms with Crippen LogP contribution in [0.25, 0.3) is 0 Å². The second-order valence-corrected chi connectivity index (χ2v) is 4.07. The third kappa shape index (κ3) is 4.77. The Morgan fingerprint density at radius 3 is 2.81 bits per heavy atom. The lowest BCUT2D eigenvalue weighted by molar-refractivity contribution is 0.251. The molecular formula is C12H17FN2O. The van der Waals surface area contributed by atoms with E-state index in [-0.39, 0.29) is 11.8 Å². The van der Waals surface area contributed by atoms with Gasteiger partial charge >= 0.3 is 6.03 Å². The highest BCUT2D eigenvalue weighted by Crippen LogP contribution is 2.08. The van der Waals surface area contributed by atoms with Crippen LogP contribution in [0.15, 0.2) is 24.3 Å². The fourth-order valence-corrected chi connectivity index (χ4v) is 1.22. The number of benzene rings is 1. The number of amides is 2. The van der Waals surface area contributed by atoms with Crippen LogP contribution in [0.1, 0.15) is 20.3 Å². The summed E-state index contributed by atoms with van der Waals surface area (Å²) < 4.78 is 12.8. The molecule has 0 aliphatic rings. The van der Waals surface area contributed by atoms with Gasteiger partial charge in [-0.25, -0.2) is 9.18 Å². The molecule has 0 saturated heterocycles. The normalized spacial score (nSPS) is 10.2. The molecule has 1 aromatic rings. The van der Waals surface area contributed by atoms with Crippen LogP contribution in [0, 0.1) is 11.7 Å². The Labute approximate surface area is 95.0 Å². The molecule has 0 aliphatic heterocycles. The van der Waals surface area contributed by atoms with Crippen molar-refractivity contribution >= 4 is 11.7 Å². The molecule has 2 amide bonds. The van der Waals surface area contributed by atoms with Gasteiger partial charge in [-0.3, -0.25) is 0 Å². The van der Waals surface area contributed by atoms with Gasteiger partial charge in [-0.05, 0) is 30.5 Å². The van der Waals surface area contributed by atoms with Crippen LogP contribution in [0.2, 0.25) is 0 Å². The zero-order chi connectivity index (χ0) is 12.0. The van der Waals surface area contributed by atoms with Crippen molar-refractivity contribution in [3.8, 4) is 0 Å². The van der Waals surface area contributed by atoms with E-state index in [9.17, 15) is 9.18 Å². The number of nitrogens with one attached hydrogen (secondary N) is 2. The molecule has 0 radical (unpaired) electrons. The van der Waals surface area contributed by atoms with Crippen LogP contribution in [-0.2, 0) is 0 Å². The second kappa shape index (κ2) is 6.10. The van der Waals surface area contributed by atoms with Crippen LogP contribution >= 0.6 is 0 Å². The first-order valence-electron chi connectivity index (χ1n) is 5.38. The average molecular weight is 224 g/mol. The summed E-state index contributed by atoms with van der Waals surface area (Å²) in [6, 6.07) is 5.51. The molecule has 0 heterocycles. The molecule has 2 N–H and O–H groups in total. The fourth-order valence-electron chi connectivity index (χ4n) is 1.22. The fraction of sp³-hybridized carbons (Fsp3) is 0.417. The summed E-state index contributed by atoms with van der Waals surface area (Å²) in [5.41, 5.74) is 0.460. The van der Waals surface area contributed by atoms with Gasteiger partial charge < -0.3 is 10.6 Å². The number of hydrogen-bond donors (Lipinski definition) is 2. The SMILES string of the molecule is CC(C)CCNC(=O)Nc1cccc(F)c1. The molecule has 0 atom stereocenters. The summed E-state index contributed by atoms with van der Waals surface area (Å²) >= 11 is 0. The van der Waals surface area contributed by atoms with Crippen LogP contribution in [-0.4, -0.2) is 12.6 Å². The Kier molecular flexibility index (Phi) is 4.76. The number of carbonyl (C=O) groups is 1. The van der Waals surface area contributed by atoms with E-state index in [0.717, 1.165) is 6.42 Å². The van der Waals surface area contributed by atoms with Gasteiger partial charge in [0.05, 0.1) is 0 Å². The summed E-state index contributed by atoms with van der Waals surface area (Å²) in [6.45, 7) is 4.80. The number of carbonyl (C=O) groups excluding carboxylic acids is 1. The minimum atomic E-state index is -0.361. The van der Waals surface area contributed by atoms with E-state index >= 15 is 0 Å². The number of urea groups is 1. The van der Waals surface area contributed by atoms with Gasteiger partial charge in [-0.2, -0.15) is 0 Å². The molecule has 0 aromatic heterocycles. The van der Waals surface area contributed by atoms with Gasteiger partial charge in [0.2, 0.25) is 0 Å². The smallest absolute Gasteiger partial charge is 0.319 e. The Balaban J connectivity index is 2.34. The zero-order valence-electron chi connectivity index (χ0n) is 9.59. The molecule has 0 saturated carbocycles. The van der Waals surface area contributed by atoms with Gasteiger partial charge in [-0.1, -0.05) is 19.9 Å². The Bertz CT molecular complexity index is 353. The Morgan fingerprint density at radius 2 is 2.19 bits per heavy atom. The molecule has 88 valence electrons. The number of halogens is 1.